The summed E-state index contributed by atoms with van der Waals surface area (Å²) >= 11 is 0. The van der Waals surface area contributed by atoms with Crippen molar-refractivity contribution in [2.45, 2.75) is 19.3 Å². The molecular formula is C31H6F14N4. The van der Waals surface area contributed by atoms with Crippen LogP contribution in [0, 0.1) is 98.8 Å². The summed E-state index contributed by atoms with van der Waals surface area (Å²) in [5.41, 5.74) is -19.2. The third-order valence-corrected chi connectivity index (χ3v) is 6.93. The van der Waals surface area contributed by atoms with E-state index in [-0.39, 0.29) is 0 Å². The minimum Gasteiger partial charge on any atom is -0.203 e. The van der Waals surface area contributed by atoms with Crippen LogP contribution in [0.3, 0.4) is 0 Å². The Kier molecular flexibility index (Phi) is 8.85. The van der Waals surface area contributed by atoms with Crippen molar-refractivity contribution in [2.24, 2.45) is 0 Å². The zero-order valence-corrected chi connectivity index (χ0v) is 23.3. The van der Waals surface area contributed by atoms with Crippen molar-refractivity contribution in [1.29, 1.82) is 21.0 Å². The molecule has 0 radical (unpaired) electrons. The summed E-state index contributed by atoms with van der Waals surface area (Å²) in [5, 5.41) is 39.2. The maximum atomic E-state index is 15.1. The highest BCUT2D eigenvalue weighted by atomic mass is 19.4. The number of allylic oxidation sites excluding steroid dienone is 6. The smallest absolute Gasteiger partial charge is 0.203 e. The van der Waals surface area contributed by atoms with Gasteiger partial charge in [0.15, 0.2) is 46.5 Å². The lowest BCUT2D eigenvalue weighted by Crippen LogP contribution is -2.17. The summed E-state index contributed by atoms with van der Waals surface area (Å²) in [6.07, 6.45) is -12.1. The molecule has 3 aromatic carbocycles. The molecule has 49 heavy (non-hydrogen) atoms. The first-order chi connectivity index (χ1) is 22.7. The van der Waals surface area contributed by atoms with Crippen molar-refractivity contribution in [2.75, 3.05) is 0 Å². The molecule has 1 saturated carbocycles. The van der Waals surface area contributed by atoms with E-state index in [0.29, 0.717) is 5.56 Å². The van der Waals surface area contributed by atoms with E-state index in [0.717, 1.165) is 24.3 Å². The predicted octanol–water partition coefficient (Wildman–Crippen LogP) is 9.26. The maximum absolute atomic E-state index is 15.1. The van der Waals surface area contributed by atoms with E-state index in [9.17, 15) is 65.0 Å². The van der Waals surface area contributed by atoms with E-state index in [1.54, 1.807) is 6.07 Å². The fourth-order valence-corrected chi connectivity index (χ4v) is 4.83. The summed E-state index contributed by atoms with van der Waals surface area (Å²) < 4.78 is 198. The van der Waals surface area contributed by atoms with Crippen molar-refractivity contribution >= 4 is 16.7 Å². The topological polar surface area (TPSA) is 95.2 Å². The Bertz CT molecular complexity index is 2100. The van der Waals surface area contributed by atoms with Crippen LogP contribution in [0.5, 0.6) is 0 Å². The fourth-order valence-electron chi connectivity index (χ4n) is 4.83. The van der Waals surface area contributed by atoms with E-state index in [4.69, 9.17) is 0 Å². The van der Waals surface area contributed by atoms with Crippen LogP contribution in [0.4, 0.5) is 61.5 Å². The number of benzene rings is 3. The molecule has 4 nitrogen and oxygen atoms in total. The fraction of sp³-hybridized carbons (Fsp3) is 0.0968. The molecule has 1 aliphatic rings. The Morgan fingerprint density at radius 2 is 0.837 bits per heavy atom. The molecule has 0 aliphatic heterocycles. The molecule has 4 rings (SSSR count). The molecule has 0 bridgehead atoms. The lowest BCUT2D eigenvalue weighted by atomic mass is 9.97. The Morgan fingerprint density at radius 1 is 0.510 bits per heavy atom. The number of hydrogen-bond acceptors (Lipinski definition) is 4. The SMILES string of the molecule is Cc1ccc(/C(C#N)=C2/C(=C(C#N)c3c(F)c(F)c(C(F)(F)F)c(F)c3F)/C2=C(/C#N)c2c(F)c(F)c(C(F)(F)F)c(F)c2F)c(C#N)c1. The highest BCUT2D eigenvalue weighted by Gasteiger charge is 2.48. The molecule has 0 unspecified atom stereocenters. The van der Waals surface area contributed by atoms with Crippen molar-refractivity contribution in [3.8, 4) is 24.3 Å². The van der Waals surface area contributed by atoms with Gasteiger partial charge in [-0.15, -0.1) is 0 Å². The quantitative estimate of drug-likeness (QED) is 0.155. The largest absolute Gasteiger partial charge is 0.422 e. The summed E-state index contributed by atoms with van der Waals surface area (Å²) in [6.45, 7) is 1.44. The number of nitrogens with zero attached hydrogens (tertiary/aromatic N) is 4. The van der Waals surface area contributed by atoms with Gasteiger partial charge in [0.2, 0.25) is 0 Å². The van der Waals surface area contributed by atoms with E-state index >= 15 is 17.6 Å². The summed E-state index contributed by atoms with van der Waals surface area (Å²) in [7, 11) is 0. The molecule has 18 heteroatoms. The van der Waals surface area contributed by atoms with Crippen LogP contribution in [-0.2, 0) is 12.4 Å². The third kappa shape index (κ3) is 5.61. The van der Waals surface area contributed by atoms with Gasteiger partial charge in [0.05, 0.1) is 39.5 Å². The van der Waals surface area contributed by atoms with Crippen LogP contribution >= 0.6 is 0 Å². The van der Waals surface area contributed by atoms with E-state index < -0.39 is 126 Å². The zero-order valence-electron chi connectivity index (χ0n) is 23.3. The van der Waals surface area contributed by atoms with Gasteiger partial charge in [-0.3, -0.25) is 0 Å². The summed E-state index contributed by atoms with van der Waals surface area (Å²) in [6, 6.07) is 8.35. The predicted molar refractivity (Wildman–Crippen MR) is 136 cm³/mol. The van der Waals surface area contributed by atoms with Gasteiger partial charge < -0.3 is 0 Å². The van der Waals surface area contributed by atoms with Crippen LogP contribution in [0.15, 0.2) is 34.9 Å². The Morgan fingerprint density at radius 3 is 1.12 bits per heavy atom. The van der Waals surface area contributed by atoms with Gasteiger partial charge in [-0.2, -0.15) is 47.4 Å². The first-order valence-electron chi connectivity index (χ1n) is 12.5. The zero-order chi connectivity index (χ0) is 37.1. The molecule has 248 valence electrons. The van der Waals surface area contributed by atoms with Gasteiger partial charge in [-0.05, 0) is 18.6 Å². The van der Waals surface area contributed by atoms with Gasteiger partial charge in [-0.1, -0.05) is 12.1 Å². The molecule has 0 amide bonds. The van der Waals surface area contributed by atoms with Crippen molar-refractivity contribution in [3.63, 3.8) is 0 Å². The third-order valence-electron chi connectivity index (χ3n) is 6.93. The highest BCUT2D eigenvalue weighted by molar-refractivity contribution is 6.12. The molecule has 1 aliphatic carbocycles. The lowest BCUT2D eigenvalue weighted by molar-refractivity contribution is -0.144. The standard InChI is InChI=1S/C31H6F14N4/c1-9-2-3-11(10(4-9)5-46)12(6-47)15-16(13(7-48)18-22(32)26(36)20(30(40,41)42)27(37)23(18)33)17(15)14(8-49)19-24(34)28(38)21(31(43,44)45)29(39)25(19)35/h2-4H,1H3/b15-12-,16-13?,17-14-. The normalized spacial score (nSPS) is 15.9. The molecule has 1 fully saturated rings. The highest BCUT2D eigenvalue weighted by Crippen LogP contribution is 2.57. The van der Waals surface area contributed by atoms with Gasteiger partial charge in [-0.25, -0.2) is 35.1 Å². The first kappa shape index (κ1) is 35.7. The molecule has 0 heterocycles. The lowest BCUT2D eigenvalue weighted by Gasteiger charge is -2.14. The number of hydrogen-bond donors (Lipinski definition) is 0. The summed E-state index contributed by atoms with van der Waals surface area (Å²) in [4.78, 5) is 0. The minimum absolute atomic E-state index is 0.361. The van der Waals surface area contributed by atoms with Crippen LogP contribution in [0.2, 0.25) is 0 Å². The van der Waals surface area contributed by atoms with E-state index in [2.05, 4.69) is 0 Å². The number of halogens is 14. The van der Waals surface area contributed by atoms with Crippen LogP contribution in [0.25, 0.3) is 16.7 Å². The second-order valence-electron chi connectivity index (χ2n) is 9.75. The molecule has 0 atom stereocenters. The Labute approximate surface area is 263 Å². The molecule has 0 N–H and O–H groups in total. The van der Waals surface area contributed by atoms with Crippen LogP contribution < -0.4 is 0 Å². The summed E-state index contributed by atoms with van der Waals surface area (Å²) in [5.74, 6) is -23.9. The average Bonchev–Trinajstić information content (AvgIpc) is 3.72. The second-order valence-corrected chi connectivity index (χ2v) is 9.75. The van der Waals surface area contributed by atoms with Crippen LogP contribution in [-0.4, -0.2) is 0 Å². The number of alkyl halides is 6. The van der Waals surface area contributed by atoms with Gasteiger partial charge in [0, 0.05) is 22.3 Å². The van der Waals surface area contributed by atoms with E-state index in [1.807, 2.05) is 0 Å². The number of rotatable bonds is 3. The molecule has 3 aromatic rings. The van der Waals surface area contributed by atoms with Crippen LogP contribution in [0.1, 0.15) is 38.9 Å². The van der Waals surface area contributed by atoms with Crippen molar-refractivity contribution < 1.29 is 61.5 Å². The number of aryl methyl sites for hydroxylation is 1. The van der Waals surface area contributed by atoms with Crippen molar-refractivity contribution in [1.82, 2.24) is 0 Å². The van der Waals surface area contributed by atoms with Crippen molar-refractivity contribution in [3.05, 3.63) is 120 Å². The minimum atomic E-state index is -6.06. The van der Waals surface area contributed by atoms with Gasteiger partial charge in [0.1, 0.15) is 29.3 Å². The molecule has 0 aromatic heterocycles. The first-order valence-corrected chi connectivity index (χ1v) is 12.5. The van der Waals surface area contributed by atoms with E-state index in [1.165, 1.54) is 19.1 Å². The molecule has 0 spiro atoms. The monoisotopic (exact) mass is 700 g/mol. The second kappa shape index (κ2) is 12.1. The Hall–Kier alpha value is -6.14. The molecule has 0 saturated heterocycles. The average molecular weight is 700 g/mol. The Balaban J connectivity index is 2.32. The van der Waals surface area contributed by atoms with Gasteiger partial charge >= 0.3 is 12.4 Å². The number of nitriles is 4. The maximum Gasteiger partial charge on any atom is 0.422 e. The molecular weight excluding hydrogens is 694 g/mol. The van der Waals surface area contributed by atoms with Gasteiger partial charge in [0.25, 0.3) is 0 Å².